The smallest absolute Gasteiger partial charge is 0.141 e. The Morgan fingerprint density at radius 1 is 0.870 bits per heavy atom. The van der Waals surface area contributed by atoms with Crippen LogP contribution in [0.25, 0.3) is 22.4 Å². The summed E-state index contributed by atoms with van der Waals surface area (Å²) in [4.78, 5) is 11.6. The van der Waals surface area contributed by atoms with Gasteiger partial charge in [0.25, 0.3) is 0 Å². The minimum absolute atomic E-state index is 0.984. The fourth-order valence-corrected chi connectivity index (χ4v) is 3.45. The number of rotatable bonds is 4. The molecule has 1 fully saturated rings. The van der Waals surface area contributed by atoms with E-state index in [4.69, 9.17) is 4.98 Å². The van der Waals surface area contributed by atoms with E-state index in [0.717, 1.165) is 30.0 Å². The highest BCUT2D eigenvalue weighted by Crippen LogP contribution is 2.24. The molecule has 4 nitrogen and oxygen atoms in total. The van der Waals surface area contributed by atoms with E-state index < -0.39 is 0 Å². The van der Waals surface area contributed by atoms with Gasteiger partial charge < -0.3 is 9.47 Å². The summed E-state index contributed by atoms with van der Waals surface area (Å²) < 4.78 is 2.36. The Hall–Kier alpha value is -2.20. The highest BCUT2D eigenvalue weighted by molar-refractivity contribution is 5.80. The van der Waals surface area contributed by atoms with Gasteiger partial charge in [0.2, 0.25) is 0 Å². The molecule has 4 rings (SSSR count). The van der Waals surface area contributed by atoms with Gasteiger partial charge in [-0.15, -0.1) is 0 Å². The van der Waals surface area contributed by atoms with Crippen molar-refractivity contribution in [2.24, 2.45) is 0 Å². The third-order valence-corrected chi connectivity index (χ3v) is 4.68. The van der Waals surface area contributed by atoms with Crippen molar-refractivity contribution in [2.75, 3.05) is 19.6 Å². The minimum Gasteiger partial charge on any atom is -0.323 e. The van der Waals surface area contributed by atoms with Crippen LogP contribution in [0.15, 0.2) is 48.8 Å². The number of pyridine rings is 1. The monoisotopic (exact) mass is 306 g/mol. The van der Waals surface area contributed by atoms with E-state index in [2.05, 4.69) is 38.7 Å². The van der Waals surface area contributed by atoms with Gasteiger partial charge in [0, 0.05) is 31.0 Å². The number of benzene rings is 1. The van der Waals surface area contributed by atoms with E-state index in [1.165, 1.54) is 37.9 Å². The molecule has 0 N–H and O–H groups in total. The van der Waals surface area contributed by atoms with Crippen molar-refractivity contribution in [2.45, 2.75) is 25.8 Å². The number of hydrogen-bond donors (Lipinski definition) is 0. The molecule has 0 amide bonds. The molecule has 2 aromatic heterocycles. The number of hydrogen-bond acceptors (Lipinski definition) is 3. The Kier molecular flexibility index (Phi) is 4.07. The second kappa shape index (κ2) is 6.50. The minimum atomic E-state index is 0.984. The maximum atomic E-state index is 4.86. The average Bonchev–Trinajstić information content (AvgIpc) is 3.00. The van der Waals surface area contributed by atoms with Crippen molar-refractivity contribution < 1.29 is 0 Å². The number of aromatic nitrogens is 3. The average molecular weight is 306 g/mol. The summed E-state index contributed by atoms with van der Waals surface area (Å²) in [6, 6.07) is 12.5. The molecule has 0 saturated carbocycles. The van der Waals surface area contributed by atoms with Crippen LogP contribution in [0.4, 0.5) is 0 Å². The van der Waals surface area contributed by atoms with Crippen LogP contribution in [0, 0.1) is 0 Å². The van der Waals surface area contributed by atoms with Crippen molar-refractivity contribution in [1.82, 2.24) is 19.4 Å². The van der Waals surface area contributed by atoms with Crippen molar-refractivity contribution >= 4 is 11.0 Å². The topological polar surface area (TPSA) is 34.0 Å². The predicted molar refractivity (Wildman–Crippen MR) is 93.3 cm³/mol. The van der Waals surface area contributed by atoms with Gasteiger partial charge in [-0.2, -0.15) is 0 Å². The van der Waals surface area contributed by atoms with E-state index in [1.807, 2.05) is 24.5 Å². The second-order valence-electron chi connectivity index (χ2n) is 6.21. The Morgan fingerprint density at radius 3 is 2.48 bits per heavy atom. The number of piperidine rings is 1. The molecule has 23 heavy (non-hydrogen) atoms. The van der Waals surface area contributed by atoms with Crippen LogP contribution in [-0.2, 0) is 6.54 Å². The van der Waals surface area contributed by atoms with Crippen LogP contribution in [-0.4, -0.2) is 39.1 Å². The van der Waals surface area contributed by atoms with Gasteiger partial charge in [0.1, 0.15) is 5.82 Å². The molecule has 0 atom stereocenters. The number of para-hydroxylation sites is 2. The van der Waals surface area contributed by atoms with E-state index in [9.17, 15) is 0 Å². The van der Waals surface area contributed by atoms with Crippen LogP contribution >= 0.6 is 0 Å². The molecular weight excluding hydrogens is 284 g/mol. The van der Waals surface area contributed by atoms with E-state index in [1.54, 1.807) is 0 Å². The Labute approximate surface area is 136 Å². The lowest BCUT2D eigenvalue weighted by atomic mass is 10.1. The zero-order valence-electron chi connectivity index (χ0n) is 13.4. The molecule has 0 spiro atoms. The standard InChI is InChI=1S/C19H22N4/c1-4-12-22(13-5-1)14-15-23-18-7-3-2-6-17(18)21-19(23)16-8-10-20-11-9-16/h2-3,6-11H,1,4-5,12-15H2. The highest BCUT2D eigenvalue weighted by Gasteiger charge is 2.14. The van der Waals surface area contributed by atoms with Gasteiger partial charge in [-0.3, -0.25) is 4.98 Å². The third kappa shape index (κ3) is 2.99. The van der Waals surface area contributed by atoms with Gasteiger partial charge in [-0.1, -0.05) is 18.6 Å². The van der Waals surface area contributed by atoms with E-state index in [-0.39, 0.29) is 0 Å². The van der Waals surface area contributed by atoms with Crippen LogP contribution in [0.3, 0.4) is 0 Å². The first-order valence-electron chi connectivity index (χ1n) is 8.50. The summed E-state index contributed by atoms with van der Waals surface area (Å²) in [7, 11) is 0. The van der Waals surface area contributed by atoms with E-state index in [0.29, 0.717) is 0 Å². The zero-order valence-corrected chi connectivity index (χ0v) is 13.4. The predicted octanol–water partition coefficient (Wildman–Crippen LogP) is 3.58. The van der Waals surface area contributed by atoms with Crippen molar-refractivity contribution in [1.29, 1.82) is 0 Å². The summed E-state index contributed by atoms with van der Waals surface area (Å²) in [5.41, 5.74) is 3.42. The molecule has 0 aliphatic carbocycles. The van der Waals surface area contributed by atoms with E-state index >= 15 is 0 Å². The largest absolute Gasteiger partial charge is 0.323 e. The number of fused-ring (bicyclic) bond motifs is 1. The fraction of sp³-hybridized carbons (Fsp3) is 0.368. The number of likely N-dealkylation sites (tertiary alicyclic amines) is 1. The number of imidazole rings is 1. The van der Waals surface area contributed by atoms with Crippen LogP contribution in [0.1, 0.15) is 19.3 Å². The first-order valence-corrected chi connectivity index (χ1v) is 8.50. The van der Waals surface area contributed by atoms with Crippen LogP contribution in [0.2, 0.25) is 0 Å². The van der Waals surface area contributed by atoms with Crippen molar-refractivity contribution in [3.05, 3.63) is 48.8 Å². The zero-order chi connectivity index (χ0) is 15.5. The highest BCUT2D eigenvalue weighted by atomic mass is 15.2. The fourth-order valence-electron chi connectivity index (χ4n) is 3.45. The third-order valence-electron chi connectivity index (χ3n) is 4.68. The summed E-state index contributed by atoms with van der Waals surface area (Å²) in [6.07, 6.45) is 7.73. The summed E-state index contributed by atoms with van der Waals surface area (Å²) >= 11 is 0. The van der Waals surface area contributed by atoms with Crippen molar-refractivity contribution in [3.63, 3.8) is 0 Å². The molecule has 3 heterocycles. The lowest BCUT2D eigenvalue weighted by Crippen LogP contribution is -2.32. The second-order valence-corrected chi connectivity index (χ2v) is 6.21. The summed E-state index contributed by atoms with van der Waals surface area (Å²) in [6.45, 7) is 4.55. The quantitative estimate of drug-likeness (QED) is 0.739. The lowest BCUT2D eigenvalue weighted by Gasteiger charge is -2.26. The Morgan fingerprint density at radius 2 is 1.65 bits per heavy atom. The lowest BCUT2D eigenvalue weighted by molar-refractivity contribution is 0.222. The van der Waals surface area contributed by atoms with Gasteiger partial charge in [-0.25, -0.2) is 4.98 Å². The molecular formula is C19H22N4. The summed E-state index contributed by atoms with van der Waals surface area (Å²) in [5, 5.41) is 0. The summed E-state index contributed by atoms with van der Waals surface area (Å²) in [5.74, 6) is 1.05. The van der Waals surface area contributed by atoms with Crippen LogP contribution in [0.5, 0.6) is 0 Å². The van der Waals surface area contributed by atoms with Gasteiger partial charge in [0.15, 0.2) is 0 Å². The molecule has 1 saturated heterocycles. The molecule has 1 aromatic carbocycles. The molecule has 4 heteroatoms. The SMILES string of the molecule is c1ccc2c(c1)nc(-c1ccncc1)n2CCN1CCCCC1. The Bertz CT molecular complexity index is 772. The molecule has 0 radical (unpaired) electrons. The van der Waals surface area contributed by atoms with Crippen LogP contribution < -0.4 is 0 Å². The molecule has 1 aliphatic heterocycles. The maximum Gasteiger partial charge on any atom is 0.141 e. The van der Waals surface area contributed by atoms with Gasteiger partial charge in [0.05, 0.1) is 11.0 Å². The molecule has 0 unspecified atom stereocenters. The Balaban J connectivity index is 1.68. The van der Waals surface area contributed by atoms with Crippen molar-refractivity contribution in [3.8, 4) is 11.4 Å². The van der Waals surface area contributed by atoms with Gasteiger partial charge >= 0.3 is 0 Å². The molecule has 1 aliphatic rings. The molecule has 118 valence electrons. The normalized spacial score (nSPS) is 16.0. The molecule has 3 aromatic rings. The number of nitrogens with zero attached hydrogens (tertiary/aromatic N) is 4. The molecule has 0 bridgehead atoms. The first-order chi connectivity index (χ1) is 11.4. The maximum absolute atomic E-state index is 4.86. The first kappa shape index (κ1) is 14.4. The van der Waals surface area contributed by atoms with Gasteiger partial charge in [-0.05, 0) is 50.2 Å².